The van der Waals surface area contributed by atoms with Crippen LogP contribution in [0.15, 0.2) is 54.1 Å². The summed E-state index contributed by atoms with van der Waals surface area (Å²) in [5, 5.41) is 32.9. The van der Waals surface area contributed by atoms with Crippen molar-refractivity contribution >= 4 is 27.9 Å². The van der Waals surface area contributed by atoms with E-state index >= 15 is 0 Å². The summed E-state index contributed by atoms with van der Waals surface area (Å²) in [5.41, 5.74) is 4.60. The van der Waals surface area contributed by atoms with Gasteiger partial charge in [-0.25, -0.2) is 0 Å². The third-order valence-corrected chi connectivity index (χ3v) is 6.77. The van der Waals surface area contributed by atoms with Gasteiger partial charge in [-0.05, 0) is 78.4 Å². The molecule has 182 valence electrons. The fraction of sp³-hybridized carbons (Fsp3) is 0.357. The Kier molecular flexibility index (Phi) is 7.54. The second-order valence-corrected chi connectivity index (χ2v) is 9.11. The summed E-state index contributed by atoms with van der Waals surface area (Å²) >= 11 is 0. The number of aromatic nitrogens is 1. The van der Waals surface area contributed by atoms with Crippen molar-refractivity contribution in [1.82, 2.24) is 9.88 Å². The summed E-state index contributed by atoms with van der Waals surface area (Å²) in [4.78, 5) is 15.0. The maximum Gasteiger partial charge on any atom is 0.262 e. The van der Waals surface area contributed by atoms with Crippen molar-refractivity contribution < 1.29 is 15.0 Å². The van der Waals surface area contributed by atoms with Crippen LogP contribution in [0.4, 0.5) is 5.69 Å². The Labute approximate surface area is 205 Å². The van der Waals surface area contributed by atoms with Crippen LogP contribution in [-0.4, -0.2) is 53.0 Å². The van der Waals surface area contributed by atoms with Crippen molar-refractivity contribution in [2.24, 2.45) is 7.05 Å². The van der Waals surface area contributed by atoms with Crippen LogP contribution in [0.1, 0.15) is 31.9 Å². The zero-order valence-electron chi connectivity index (χ0n) is 20.3. The summed E-state index contributed by atoms with van der Waals surface area (Å²) < 4.78 is 1.98. The molecule has 0 aliphatic carbocycles. The van der Waals surface area contributed by atoms with E-state index in [1.165, 1.54) is 30.3 Å². The molecule has 35 heavy (non-hydrogen) atoms. The number of amides is 1. The molecule has 0 radical (unpaired) electrons. The Morgan fingerprint density at radius 2 is 1.80 bits per heavy atom. The first kappa shape index (κ1) is 24.5. The van der Waals surface area contributed by atoms with Crippen molar-refractivity contribution in [3.63, 3.8) is 0 Å². The minimum absolute atomic E-state index is 0.0216. The van der Waals surface area contributed by atoms with Crippen molar-refractivity contribution in [2.45, 2.75) is 32.3 Å². The van der Waals surface area contributed by atoms with E-state index < -0.39 is 18.6 Å². The molecule has 1 amide bonds. The van der Waals surface area contributed by atoms with Crippen LogP contribution in [0.2, 0.25) is 0 Å². The number of fused-ring (bicyclic) bond motifs is 1. The average molecular weight is 473 g/mol. The summed E-state index contributed by atoms with van der Waals surface area (Å²) in [6.07, 6.45) is 2.75. The summed E-state index contributed by atoms with van der Waals surface area (Å²) in [7, 11) is 1.92. The van der Waals surface area contributed by atoms with Crippen LogP contribution in [-0.2, 0) is 11.8 Å². The fourth-order valence-corrected chi connectivity index (χ4v) is 4.72. The average Bonchev–Trinajstić information content (AvgIpc) is 3.28. The number of carbonyl (C=O) groups is 1. The molecule has 1 saturated heterocycles. The van der Waals surface area contributed by atoms with Crippen LogP contribution >= 0.6 is 0 Å². The molecule has 2 heterocycles. The van der Waals surface area contributed by atoms with Gasteiger partial charge in [0.05, 0.1) is 12.7 Å². The van der Waals surface area contributed by atoms with Crippen LogP contribution < -0.4 is 10.2 Å². The number of nitrogens with one attached hydrogen (secondary N) is 1. The largest absolute Gasteiger partial charge is 0.394 e. The molecule has 1 aliphatic rings. The van der Waals surface area contributed by atoms with Crippen LogP contribution in [0.3, 0.4) is 0 Å². The number of aliphatic hydroxyl groups is 2. The zero-order valence-corrected chi connectivity index (χ0v) is 20.3. The molecule has 1 aromatic heterocycles. The molecular formula is C28H32N4O3. The molecule has 1 aliphatic heterocycles. The third kappa shape index (κ3) is 5.24. The molecule has 3 N–H and O–H groups in total. The predicted octanol–water partition coefficient (Wildman–Crippen LogP) is 3.60. The second kappa shape index (κ2) is 10.8. The summed E-state index contributed by atoms with van der Waals surface area (Å²) in [6.45, 7) is 3.39. The van der Waals surface area contributed by atoms with E-state index in [1.54, 1.807) is 6.92 Å². The quantitative estimate of drug-likeness (QED) is 0.360. The lowest BCUT2D eigenvalue weighted by atomic mass is 10.0. The monoisotopic (exact) mass is 472 g/mol. The second-order valence-electron chi connectivity index (χ2n) is 9.11. The molecular weight excluding hydrogens is 440 g/mol. The van der Waals surface area contributed by atoms with Crippen molar-refractivity contribution in [3.05, 3.63) is 59.8 Å². The Bertz CT molecular complexity index is 1300. The first-order chi connectivity index (χ1) is 16.9. The SMILES string of the molecule is CC(=C(C#N)C(=O)NCC(O)CO)c1ccc(-c2ccc3cc(N4CCCCC4)ccc3c2)n1C. The topological polar surface area (TPSA) is 102 Å². The smallest absolute Gasteiger partial charge is 0.262 e. The van der Waals surface area contributed by atoms with E-state index in [2.05, 4.69) is 46.6 Å². The molecule has 1 atom stereocenters. The highest BCUT2D eigenvalue weighted by molar-refractivity contribution is 6.04. The number of nitrogens with zero attached hydrogens (tertiary/aromatic N) is 3. The number of piperidine rings is 1. The van der Waals surface area contributed by atoms with Gasteiger partial charge >= 0.3 is 0 Å². The van der Waals surface area contributed by atoms with Gasteiger partial charge in [0.2, 0.25) is 0 Å². The van der Waals surface area contributed by atoms with E-state index in [4.69, 9.17) is 5.11 Å². The number of carbonyl (C=O) groups excluding carboxylic acids is 1. The molecule has 1 fully saturated rings. The summed E-state index contributed by atoms with van der Waals surface area (Å²) in [5.74, 6) is -0.574. The van der Waals surface area contributed by atoms with Gasteiger partial charge in [0, 0.05) is 43.8 Å². The van der Waals surface area contributed by atoms with Gasteiger partial charge in [0.1, 0.15) is 11.6 Å². The Balaban J connectivity index is 1.60. The van der Waals surface area contributed by atoms with Gasteiger partial charge in [-0.1, -0.05) is 18.2 Å². The fourth-order valence-electron chi connectivity index (χ4n) is 4.72. The highest BCUT2D eigenvalue weighted by Gasteiger charge is 2.18. The van der Waals surface area contributed by atoms with Crippen LogP contribution in [0, 0.1) is 11.3 Å². The molecule has 0 bridgehead atoms. The highest BCUT2D eigenvalue weighted by Crippen LogP contribution is 2.31. The number of benzene rings is 2. The van der Waals surface area contributed by atoms with Gasteiger partial charge in [-0.15, -0.1) is 0 Å². The number of hydrogen-bond donors (Lipinski definition) is 3. The molecule has 1 unspecified atom stereocenters. The first-order valence-corrected chi connectivity index (χ1v) is 12.1. The number of anilines is 1. The van der Waals surface area contributed by atoms with Crippen LogP contribution in [0.5, 0.6) is 0 Å². The molecule has 2 aromatic carbocycles. The minimum atomic E-state index is -1.07. The van der Waals surface area contributed by atoms with E-state index in [0.29, 0.717) is 5.57 Å². The number of rotatable bonds is 7. The Morgan fingerprint density at radius 3 is 2.51 bits per heavy atom. The van der Waals surface area contributed by atoms with Crippen molar-refractivity contribution in [3.8, 4) is 17.3 Å². The predicted molar refractivity (Wildman–Crippen MR) is 139 cm³/mol. The van der Waals surface area contributed by atoms with E-state index in [1.807, 2.05) is 29.8 Å². The van der Waals surface area contributed by atoms with Gasteiger partial charge < -0.3 is 25.0 Å². The van der Waals surface area contributed by atoms with Gasteiger partial charge in [0.15, 0.2) is 0 Å². The zero-order chi connectivity index (χ0) is 24.9. The molecule has 0 spiro atoms. The van der Waals surface area contributed by atoms with Gasteiger partial charge in [0.25, 0.3) is 5.91 Å². The van der Waals surface area contributed by atoms with Gasteiger partial charge in [-0.2, -0.15) is 5.26 Å². The van der Waals surface area contributed by atoms with Crippen molar-refractivity contribution in [1.29, 1.82) is 5.26 Å². The number of aliphatic hydroxyl groups excluding tert-OH is 2. The first-order valence-electron chi connectivity index (χ1n) is 12.1. The summed E-state index contributed by atoms with van der Waals surface area (Å²) in [6, 6.07) is 18.9. The lowest BCUT2D eigenvalue weighted by Gasteiger charge is -2.29. The Morgan fingerprint density at radius 1 is 1.09 bits per heavy atom. The molecule has 7 nitrogen and oxygen atoms in total. The number of hydrogen-bond acceptors (Lipinski definition) is 5. The molecule has 3 aromatic rings. The molecule has 4 rings (SSSR count). The normalized spacial score (nSPS) is 15.5. The van der Waals surface area contributed by atoms with Crippen LogP contribution in [0.25, 0.3) is 27.6 Å². The molecule has 7 heteroatoms. The Hall–Kier alpha value is -3.60. The standard InChI is InChI=1S/C28H32N4O3/c1-19(25(16-29)28(35)30-17-24(34)18-33)26-10-11-27(31(26)2)22-7-6-21-15-23(9-8-20(21)14-22)32-12-4-3-5-13-32/h6-11,14-15,24,33-34H,3-5,12-13,17-18H2,1-2H3,(H,30,35). The number of nitriles is 1. The van der Waals surface area contributed by atoms with Gasteiger partial charge in [-0.3, -0.25) is 4.79 Å². The van der Waals surface area contributed by atoms with E-state index in [-0.39, 0.29) is 12.1 Å². The minimum Gasteiger partial charge on any atom is -0.394 e. The van der Waals surface area contributed by atoms with E-state index in [0.717, 1.165) is 35.4 Å². The third-order valence-electron chi connectivity index (χ3n) is 6.77. The lowest BCUT2D eigenvalue weighted by molar-refractivity contribution is -0.117. The maximum atomic E-state index is 12.5. The molecule has 0 saturated carbocycles. The lowest BCUT2D eigenvalue weighted by Crippen LogP contribution is -2.34. The number of allylic oxidation sites excluding steroid dienone is 1. The van der Waals surface area contributed by atoms with Crippen molar-refractivity contribution in [2.75, 3.05) is 31.1 Å². The highest BCUT2D eigenvalue weighted by atomic mass is 16.3. The van der Waals surface area contributed by atoms with E-state index in [9.17, 15) is 15.2 Å². The maximum absolute atomic E-state index is 12.5.